The van der Waals surface area contributed by atoms with E-state index in [4.69, 9.17) is 0 Å². The summed E-state index contributed by atoms with van der Waals surface area (Å²) in [5.74, 6) is -0.175. The van der Waals surface area contributed by atoms with Gasteiger partial charge in [-0.1, -0.05) is 18.2 Å². The van der Waals surface area contributed by atoms with Crippen LogP contribution in [0.5, 0.6) is 0 Å². The fourth-order valence-corrected chi connectivity index (χ4v) is 3.10. The highest BCUT2D eigenvalue weighted by atomic mass is 32.1. The van der Waals surface area contributed by atoms with E-state index < -0.39 is 11.5 Å². The van der Waals surface area contributed by atoms with E-state index in [0.29, 0.717) is 18.7 Å². The van der Waals surface area contributed by atoms with Crippen molar-refractivity contribution in [3.8, 4) is 0 Å². The first-order chi connectivity index (χ1) is 9.61. The smallest absolute Gasteiger partial charge is 0.329 e. The van der Waals surface area contributed by atoms with Crippen molar-refractivity contribution < 1.29 is 9.90 Å². The lowest BCUT2D eigenvalue weighted by Crippen LogP contribution is -2.45. The van der Waals surface area contributed by atoms with Gasteiger partial charge in [0.15, 0.2) is 0 Å². The number of anilines is 1. The van der Waals surface area contributed by atoms with E-state index in [1.54, 1.807) is 12.4 Å². The van der Waals surface area contributed by atoms with Gasteiger partial charge in [-0.05, 0) is 11.6 Å². The summed E-state index contributed by atoms with van der Waals surface area (Å²) in [6.07, 6.45) is 4.16. The molecule has 5 nitrogen and oxygen atoms in total. The number of benzene rings is 1. The fraction of sp³-hybridized carbons (Fsp3) is 0.286. The monoisotopic (exact) mass is 289 g/mol. The van der Waals surface area contributed by atoms with Crippen LogP contribution in [0.3, 0.4) is 0 Å². The molecule has 0 aliphatic carbocycles. The maximum atomic E-state index is 11.8. The normalized spacial score (nSPS) is 22.1. The molecule has 1 aliphatic heterocycles. The van der Waals surface area contributed by atoms with Gasteiger partial charge in [0.25, 0.3) is 0 Å². The number of hydrogen-bond acceptors (Lipinski definition) is 4. The van der Waals surface area contributed by atoms with Crippen LogP contribution in [-0.4, -0.2) is 26.6 Å². The standard InChI is InChI=1S/C14H15N3O2S/c18-13(19)14(8-11(20)12-15-5-6-16-12)7-9-3-1-2-4-10(9)17-14/h1-6,11,17,20H,7-8H2,(H,15,16)(H,18,19). The quantitative estimate of drug-likeness (QED) is 0.651. The second kappa shape index (κ2) is 4.86. The molecule has 3 N–H and O–H groups in total. The number of nitrogens with zero attached hydrogens (tertiary/aromatic N) is 1. The molecule has 0 spiro atoms. The average molecular weight is 289 g/mol. The molecule has 0 saturated carbocycles. The van der Waals surface area contributed by atoms with Crippen LogP contribution in [0.2, 0.25) is 0 Å². The van der Waals surface area contributed by atoms with Crippen molar-refractivity contribution >= 4 is 24.3 Å². The number of aromatic nitrogens is 2. The molecule has 0 fully saturated rings. The predicted octanol–water partition coefficient (Wildman–Crippen LogP) is 2.26. The Kier molecular flexibility index (Phi) is 3.17. The number of aliphatic carboxylic acids is 1. The molecule has 1 aliphatic rings. The molecule has 20 heavy (non-hydrogen) atoms. The molecular formula is C14H15N3O2S. The summed E-state index contributed by atoms with van der Waals surface area (Å²) < 4.78 is 0. The van der Waals surface area contributed by atoms with Crippen LogP contribution in [0.25, 0.3) is 0 Å². The summed E-state index contributed by atoms with van der Waals surface area (Å²) in [6, 6.07) is 7.67. The fourth-order valence-electron chi connectivity index (χ4n) is 2.65. The summed E-state index contributed by atoms with van der Waals surface area (Å²) in [4.78, 5) is 18.9. The number of H-pyrrole nitrogens is 1. The van der Waals surface area contributed by atoms with Crippen molar-refractivity contribution in [2.45, 2.75) is 23.6 Å². The van der Waals surface area contributed by atoms with E-state index in [9.17, 15) is 9.90 Å². The molecule has 1 aromatic carbocycles. The molecule has 0 radical (unpaired) electrons. The van der Waals surface area contributed by atoms with Crippen molar-refractivity contribution in [3.63, 3.8) is 0 Å². The summed E-state index contributed by atoms with van der Waals surface area (Å²) in [5.41, 5.74) is 0.882. The largest absolute Gasteiger partial charge is 0.479 e. The van der Waals surface area contributed by atoms with Gasteiger partial charge in [0.05, 0.1) is 5.25 Å². The van der Waals surface area contributed by atoms with Gasteiger partial charge in [-0.15, -0.1) is 0 Å². The molecule has 0 saturated heterocycles. The van der Waals surface area contributed by atoms with Crippen molar-refractivity contribution in [2.75, 3.05) is 5.32 Å². The SMILES string of the molecule is O=C(O)C1(CC(S)c2ncc[nH]2)Cc2ccccc2N1. The lowest BCUT2D eigenvalue weighted by atomic mass is 9.89. The maximum absolute atomic E-state index is 11.8. The van der Waals surface area contributed by atoms with Gasteiger partial charge in [-0.3, -0.25) is 0 Å². The van der Waals surface area contributed by atoms with E-state index in [2.05, 4.69) is 27.9 Å². The number of aromatic amines is 1. The molecule has 1 aromatic heterocycles. The zero-order chi connectivity index (χ0) is 14.2. The molecule has 0 bridgehead atoms. The van der Waals surface area contributed by atoms with Gasteiger partial charge in [-0.25, -0.2) is 9.78 Å². The highest BCUT2D eigenvalue weighted by Crippen LogP contribution is 2.39. The first-order valence-electron chi connectivity index (χ1n) is 6.37. The second-order valence-corrected chi connectivity index (χ2v) is 5.66. The zero-order valence-electron chi connectivity index (χ0n) is 10.7. The molecular weight excluding hydrogens is 274 g/mol. The van der Waals surface area contributed by atoms with Gasteiger partial charge >= 0.3 is 5.97 Å². The number of carboxylic acids is 1. The third-order valence-electron chi connectivity index (χ3n) is 3.67. The van der Waals surface area contributed by atoms with Crippen LogP contribution in [-0.2, 0) is 11.2 Å². The number of carboxylic acid groups (broad SMARTS) is 1. The number of imidazole rings is 1. The number of nitrogens with one attached hydrogen (secondary N) is 2. The Morgan fingerprint density at radius 1 is 1.50 bits per heavy atom. The number of thiol groups is 1. The number of hydrogen-bond donors (Lipinski definition) is 4. The summed E-state index contributed by atoms with van der Waals surface area (Å²) in [7, 11) is 0. The molecule has 2 heterocycles. The molecule has 2 aromatic rings. The Balaban J connectivity index is 1.86. The summed E-state index contributed by atoms with van der Waals surface area (Å²) in [6.45, 7) is 0. The Morgan fingerprint density at radius 2 is 2.30 bits per heavy atom. The van der Waals surface area contributed by atoms with Crippen molar-refractivity contribution in [1.82, 2.24) is 9.97 Å². The Labute approximate surface area is 121 Å². The lowest BCUT2D eigenvalue weighted by Gasteiger charge is -2.27. The zero-order valence-corrected chi connectivity index (χ0v) is 11.6. The Morgan fingerprint density at radius 3 is 2.95 bits per heavy atom. The van der Waals surface area contributed by atoms with E-state index in [1.165, 1.54) is 0 Å². The van der Waals surface area contributed by atoms with Crippen LogP contribution >= 0.6 is 12.6 Å². The predicted molar refractivity (Wildman–Crippen MR) is 79.1 cm³/mol. The number of rotatable bonds is 4. The van der Waals surface area contributed by atoms with Gasteiger partial charge in [0, 0.05) is 30.9 Å². The molecule has 3 rings (SSSR count). The minimum atomic E-state index is -1.02. The summed E-state index contributed by atoms with van der Waals surface area (Å²) in [5, 5.41) is 12.5. The van der Waals surface area contributed by atoms with Gasteiger partial charge < -0.3 is 15.4 Å². The molecule has 2 atom stereocenters. The van der Waals surface area contributed by atoms with Crippen molar-refractivity contribution in [1.29, 1.82) is 0 Å². The first-order valence-corrected chi connectivity index (χ1v) is 6.89. The van der Waals surface area contributed by atoms with E-state index in [0.717, 1.165) is 11.3 Å². The topological polar surface area (TPSA) is 78.0 Å². The van der Waals surface area contributed by atoms with Gasteiger partial charge in [0.1, 0.15) is 11.4 Å². The van der Waals surface area contributed by atoms with E-state index in [-0.39, 0.29) is 5.25 Å². The van der Waals surface area contributed by atoms with Crippen LogP contribution in [0.4, 0.5) is 5.69 Å². The highest BCUT2D eigenvalue weighted by Gasteiger charge is 2.45. The van der Waals surface area contributed by atoms with Crippen molar-refractivity contribution in [3.05, 3.63) is 48.0 Å². The first kappa shape index (κ1) is 13.1. The Bertz CT molecular complexity index is 602. The number of carbonyl (C=O) groups is 1. The summed E-state index contributed by atoms with van der Waals surface area (Å²) >= 11 is 4.49. The molecule has 2 unspecified atom stereocenters. The van der Waals surface area contributed by atoms with E-state index in [1.807, 2.05) is 24.3 Å². The average Bonchev–Trinajstić information content (AvgIpc) is 3.06. The van der Waals surface area contributed by atoms with Gasteiger partial charge in [0.2, 0.25) is 0 Å². The minimum Gasteiger partial charge on any atom is -0.479 e. The lowest BCUT2D eigenvalue weighted by molar-refractivity contribution is -0.142. The molecule has 0 amide bonds. The third-order valence-corrected chi connectivity index (χ3v) is 4.10. The second-order valence-electron chi connectivity index (χ2n) is 5.04. The van der Waals surface area contributed by atoms with Crippen LogP contribution in [0.15, 0.2) is 36.7 Å². The van der Waals surface area contributed by atoms with Crippen molar-refractivity contribution in [2.24, 2.45) is 0 Å². The Hall–Kier alpha value is -1.95. The van der Waals surface area contributed by atoms with Crippen LogP contribution in [0.1, 0.15) is 23.1 Å². The van der Waals surface area contributed by atoms with Crippen LogP contribution in [0, 0.1) is 0 Å². The number of fused-ring (bicyclic) bond motifs is 1. The maximum Gasteiger partial charge on any atom is 0.329 e. The van der Waals surface area contributed by atoms with E-state index >= 15 is 0 Å². The van der Waals surface area contributed by atoms with Crippen LogP contribution < -0.4 is 5.32 Å². The van der Waals surface area contributed by atoms with Gasteiger partial charge in [-0.2, -0.15) is 12.6 Å². The minimum absolute atomic E-state index is 0.261. The molecule has 6 heteroatoms. The third kappa shape index (κ3) is 2.16. The highest BCUT2D eigenvalue weighted by molar-refractivity contribution is 7.80. The number of para-hydroxylation sites is 1. The molecule has 104 valence electrons.